The summed E-state index contributed by atoms with van der Waals surface area (Å²) in [7, 11) is 1.60. The van der Waals surface area contributed by atoms with Crippen molar-refractivity contribution < 1.29 is 14.3 Å². The quantitative estimate of drug-likeness (QED) is 0.650. The van der Waals surface area contributed by atoms with Crippen LogP contribution in [0.3, 0.4) is 0 Å². The zero-order chi connectivity index (χ0) is 14.4. The van der Waals surface area contributed by atoms with Crippen molar-refractivity contribution in [3.63, 3.8) is 0 Å². The first-order valence-electron chi connectivity index (χ1n) is 5.92. The second-order valence-electron chi connectivity index (χ2n) is 3.84. The number of rotatable bonds is 6. The molecule has 0 spiro atoms. The molecule has 8 heteroatoms. The minimum Gasteiger partial charge on any atom is -0.497 e. The lowest BCUT2D eigenvalue weighted by Crippen LogP contribution is -2.29. The summed E-state index contributed by atoms with van der Waals surface area (Å²) in [4.78, 5) is 11.6. The van der Waals surface area contributed by atoms with Gasteiger partial charge in [-0.2, -0.15) is 5.21 Å². The van der Waals surface area contributed by atoms with Crippen LogP contribution in [0.4, 0.5) is 5.82 Å². The van der Waals surface area contributed by atoms with Gasteiger partial charge in [0.2, 0.25) is 0 Å². The molecule has 1 heterocycles. The summed E-state index contributed by atoms with van der Waals surface area (Å²) in [6, 6.07) is 7.17. The molecule has 0 saturated heterocycles. The number of ether oxygens (including phenoxy) is 2. The van der Waals surface area contributed by atoms with Gasteiger partial charge < -0.3 is 20.5 Å². The maximum absolute atomic E-state index is 11.6. The van der Waals surface area contributed by atoms with Crippen molar-refractivity contribution in [2.45, 2.75) is 0 Å². The number of carbonyl (C=O) groups is 1. The van der Waals surface area contributed by atoms with Crippen LogP contribution in [-0.4, -0.2) is 41.6 Å². The van der Waals surface area contributed by atoms with Crippen LogP contribution in [0, 0.1) is 0 Å². The van der Waals surface area contributed by atoms with Gasteiger partial charge in [0, 0.05) is 0 Å². The Kier molecular flexibility index (Phi) is 4.38. The van der Waals surface area contributed by atoms with Crippen LogP contribution in [0.5, 0.6) is 11.5 Å². The van der Waals surface area contributed by atoms with Crippen LogP contribution in [0.15, 0.2) is 24.3 Å². The molecule has 2 rings (SSSR count). The third-order valence-electron chi connectivity index (χ3n) is 2.51. The van der Waals surface area contributed by atoms with Gasteiger partial charge in [-0.3, -0.25) is 4.79 Å². The standard InChI is InChI=1S/C12H15N5O3/c1-19-8-2-4-9(5-3-8)20-7-6-14-12(18)10-11(13)16-17-15-10/h2-5H,6-7H2,1H3,(H,14,18)(H3,13,15,16,17). The van der Waals surface area contributed by atoms with Gasteiger partial charge in [-0.25, -0.2) is 0 Å². The number of carbonyl (C=O) groups excluding carboxylic acids is 1. The van der Waals surface area contributed by atoms with E-state index in [1.165, 1.54) is 0 Å². The smallest absolute Gasteiger partial charge is 0.275 e. The largest absolute Gasteiger partial charge is 0.497 e. The molecule has 1 aromatic heterocycles. The summed E-state index contributed by atoms with van der Waals surface area (Å²) in [6.07, 6.45) is 0. The molecule has 0 fully saturated rings. The minimum absolute atomic E-state index is 0.0681. The Morgan fingerprint density at radius 3 is 2.60 bits per heavy atom. The molecule has 4 N–H and O–H groups in total. The number of nitrogen functional groups attached to an aromatic ring is 1. The molecule has 0 aliphatic heterocycles. The van der Waals surface area contributed by atoms with Crippen LogP contribution >= 0.6 is 0 Å². The highest BCUT2D eigenvalue weighted by Crippen LogP contribution is 2.16. The van der Waals surface area contributed by atoms with Gasteiger partial charge in [0.05, 0.1) is 13.7 Å². The van der Waals surface area contributed by atoms with Crippen LogP contribution < -0.4 is 20.5 Å². The third-order valence-corrected chi connectivity index (χ3v) is 2.51. The van der Waals surface area contributed by atoms with Crippen LogP contribution in [0.1, 0.15) is 10.5 Å². The van der Waals surface area contributed by atoms with Crippen molar-refractivity contribution >= 4 is 11.7 Å². The predicted octanol–water partition coefficient (Wildman–Crippen LogP) is 0.204. The van der Waals surface area contributed by atoms with E-state index in [1.54, 1.807) is 31.4 Å². The number of nitrogens with zero attached hydrogens (tertiary/aromatic N) is 2. The van der Waals surface area contributed by atoms with Crippen LogP contribution in [0.25, 0.3) is 0 Å². The molecule has 106 valence electrons. The zero-order valence-electron chi connectivity index (χ0n) is 10.9. The van der Waals surface area contributed by atoms with Crippen molar-refractivity contribution in [3.8, 4) is 11.5 Å². The molecular weight excluding hydrogens is 262 g/mol. The van der Waals surface area contributed by atoms with E-state index in [0.29, 0.717) is 18.9 Å². The summed E-state index contributed by atoms with van der Waals surface area (Å²) in [5.74, 6) is 1.13. The average Bonchev–Trinajstić information content (AvgIpc) is 2.90. The summed E-state index contributed by atoms with van der Waals surface area (Å²) >= 11 is 0. The van der Waals surface area contributed by atoms with E-state index in [-0.39, 0.29) is 11.5 Å². The molecule has 1 amide bonds. The first-order chi connectivity index (χ1) is 9.70. The fraction of sp³-hybridized carbons (Fsp3) is 0.250. The maximum atomic E-state index is 11.6. The van der Waals surface area contributed by atoms with E-state index in [0.717, 1.165) is 5.75 Å². The highest BCUT2D eigenvalue weighted by Gasteiger charge is 2.12. The van der Waals surface area contributed by atoms with Gasteiger partial charge in [0.15, 0.2) is 11.5 Å². The Labute approximate surface area is 115 Å². The molecule has 0 bridgehead atoms. The van der Waals surface area contributed by atoms with E-state index in [1.807, 2.05) is 0 Å². The summed E-state index contributed by atoms with van der Waals surface area (Å²) in [6.45, 7) is 0.660. The first-order valence-corrected chi connectivity index (χ1v) is 5.92. The van der Waals surface area contributed by atoms with E-state index in [4.69, 9.17) is 15.2 Å². The van der Waals surface area contributed by atoms with Crippen molar-refractivity contribution in [1.29, 1.82) is 0 Å². The fourth-order valence-electron chi connectivity index (χ4n) is 1.50. The maximum Gasteiger partial charge on any atom is 0.275 e. The molecule has 0 aliphatic rings. The molecule has 0 aliphatic carbocycles. The SMILES string of the molecule is COc1ccc(OCCNC(=O)c2n[nH]nc2N)cc1. The third kappa shape index (κ3) is 3.37. The average molecular weight is 277 g/mol. The second-order valence-corrected chi connectivity index (χ2v) is 3.84. The highest BCUT2D eigenvalue weighted by molar-refractivity contribution is 5.96. The zero-order valence-corrected chi connectivity index (χ0v) is 10.9. The van der Waals surface area contributed by atoms with Crippen LogP contribution in [-0.2, 0) is 0 Å². The lowest BCUT2D eigenvalue weighted by atomic mass is 10.3. The number of amides is 1. The molecule has 8 nitrogen and oxygen atoms in total. The Morgan fingerprint density at radius 2 is 2.00 bits per heavy atom. The topological polar surface area (TPSA) is 115 Å². The molecule has 20 heavy (non-hydrogen) atoms. The number of benzene rings is 1. The summed E-state index contributed by atoms with van der Waals surface area (Å²) < 4.78 is 10.5. The van der Waals surface area contributed by atoms with Crippen LogP contribution in [0.2, 0.25) is 0 Å². The number of hydrogen-bond donors (Lipinski definition) is 3. The van der Waals surface area contributed by atoms with Crippen molar-refractivity contribution in [2.24, 2.45) is 0 Å². The number of aromatic amines is 1. The van der Waals surface area contributed by atoms with Crippen molar-refractivity contribution in [1.82, 2.24) is 20.7 Å². The Hall–Kier alpha value is -2.77. The summed E-state index contributed by atoms with van der Waals surface area (Å²) in [5, 5.41) is 12.1. The molecule has 1 aromatic carbocycles. The number of nitrogens with two attached hydrogens (primary N) is 1. The highest BCUT2D eigenvalue weighted by atomic mass is 16.5. The molecule has 0 unspecified atom stereocenters. The second kappa shape index (κ2) is 6.41. The van der Waals surface area contributed by atoms with Gasteiger partial charge in [-0.15, -0.1) is 10.2 Å². The monoisotopic (exact) mass is 277 g/mol. The van der Waals surface area contributed by atoms with Crippen molar-refractivity contribution in [3.05, 3.63) is 30.0 Å². The number of nitrogens with one attached hydrogen (secondary N) is 2. The van der Waals surface area contributed by atoms with E-state index in [2.05, 4.69) is 20.7 Å². The number of methoxy groups -OCH3 is 1. The molecular formula is C12H15N5O3. The van der Waals surface area contributed by atoms with Crippen molar-refractivity contribution in [2.75, 3.05) is 26.0 Å². The Bertz CT molecular complexity index is 567. The summed E-state index contributed by atoms with van der Waals surface area (Å²) in [5.41, 5.74) is 5.53. The van der Waals surface area contributed by atoms with Gasteiger partial charge in [-0.1, -0.05) is 0 Å². The minimum atomic E-state index is -0.394. The lowest BCUT2D eigenvalue weighted by Gasteiger charge is -2.07. The van der Waals surface area contributed by atoms with Gasteiger partial charge in [0.1, 0.15) is 18.1 Å². The first kappa shape index (κ1) is 13.7. The van der Waals surface area contributed by atoms with Gasteiger partial charge in [0.25, 0.3) is 5.91 Å². The van der Waals surface area contributed by atoms with E-state index in [9.17, 15) is 4.79 Å². The van der Waals surface area contributed by atoms with Gasteiger partial charge >= 0.3 is 0 Å². The fourth-order valence-corrected chi connectivity index (χ4v) is 1.50. The Morgan fingerprint density at radius 1 is 1.30 bits per heavy atom. The number of hydrogen-bond acceptors (Lipinski definition) is 6. The van der Waals surface area contributed by atoms with E-state index < -0.39 is 5.91 Å². The molecule has 0 saturated carbocycles. The number of H-pyrrole nitrogens is 1. The van der Waals surface area contributed by atoms with Gasteiger partial charge in [-0.05, 0) is 24.3 Å². The lowest BCUT2D eigenvalue weighted by molar-refractivity contribution is 0.0943. The number of anilines is 1. The number of aromatic nitrogens is 3. The normalized spacial score (nSPS) is 10.1. The Balaban J connectivity index is 1.73. The molecule has 0 atom stereocenters. The molecule has 2 aromatic rings. The molecule has 0 radical (unpaired) electrons. The predicted molar refractivity (Wildman–Crippen MR) is 71.6 cm³/mol. The van der Waals surface area contributed by atoms with E-state index >= 15 is 0 Å².